The monoisotopic (exact) mass is 616 g/mol. The molecule has 0 fully saturated rings. The van der Waals surface area contributed by atoms with Crippen molar-refractivity contribution >= 4 is 17.9 Å². The molecule has 0 radical (unpaired) electrons. The maximum atomic E-state index is 12.7. The van der Waals surface area contributed by atoms with Crippen molar-refractivity contribution in [2.45, 2.75) is 39.0 Å². The second-order valence-corrected chi connectivity index (χ2v) is 9.99. The molecule has 0 spiro atoms. The molecule has 0 aliphatic heterocycles. The quantitative estimate of drug-likeness (QED) is 0.0719. The van der Waals surface area contributed by atoms with Crippen molar-refractivity contribution in [2.75, 3.05) is 33.0 Å². The van der Waals surface area contributed by atoms with Crippen molar-refractivity contribution in [1.82, 2.24) is 0 Å². The van der Waals surface area contributed by atoms with E-state index in [0.29, 0.717) is 30.3 Å². The average molecular weight is 617 g/mol. The number of esters is 3. The molecule has 3 aromatic rings. The van der Waals surface area contributed by atoms with Gasteiger partial charge in [-0.15, -0.1) is 0 Å². The van der Waals surface area contributed by atoms with Crippen molar-refractivity contribution < 1.29 is 43.2 Å². The van der Waals surface area contributed by atoms with Gasteiger partial charge >= 0.3 is 17.9 Å². The number of hydrogen-bond donors (Lipinski definition) is 1. The number of hydrogen-bond acceptors (Lipinski definition) is 9. The summed E-state index contributed by atoms with van der Waals surface area (Å²) in [6.45, 7) is 9.65. The Bertz CT molecular complexity index is 1430. The Morgan fingerprint density at radius 1 is 0.756 bits per heavy atom. The Morgan fingerprint density at radius 3 is 2.09 bits per heavy atom. The Balaban J connectivity index is 1.41. The maximum absolute atomic E-state index is 12.7. The highest BCUT2D eigenvalue weighted by Gasteiger charge is 2.11. The fraction of sp³-hybridized carbons (Fsp3) is 0.306. The predicted molar refractivity (Wildman–Crippen MR) is 170 cm³/mol. The summed E-state index contributed by atoms with van der Waals surface area (Å²) >= 11 is 0. The first kappa shape index (κ1) is 34.6. The number of aryl methyl sites for hydroxylation is 1. The maximum Gasteiger partial charge on any atom is 0.343 e. The van der Waals surface area contributed by atoms with Crippen LogP contribution < -0.4 is 14.2 Å². The van der Waals surface area contributed by atoms with Crippen LogP contribution in [0.3, 0.4) is 0 Å². The second kappa shape index (κ2) is 18.7. The van der Waals surface area contributed by atoms with Gasteiger partial charge in [0, 0.05) is 6.08 Å². The minimum absolute atomic E-state index is 0.0549. The van der Waals surface area contributed by atoms with E-state index >= 15 is 0 Å². The summed E-state index contributed by atoms with van der Waals surface area (Å²) in [6, 6.07) is 20.0. The zero-order chi connectivity index (χ0) is 32.4. The smallest absolute Gasteiger partial charge is 0.343 e. The number of rotatable bonds is 19. The summed E-state index contributed by atoms with van der Waals surface area (Å²) in [7, 11) is 0. The summed E-state index contributed by atoms with van der Waals surface area (Å²) in [4.78, 5) is 35.3. The second-order valence-electron chi connectivity index (χ2n) is 9.99. The third-order valence-electron chi connectivity index (χ3n) is 6.70. The van der Waals surface area contributed by atoms with Crippen LogP contribution in [0.25, 0.3) is 11.1 Å². The van der Waals surface area contributed by atoms with Gasteiger partial charge in [0.1, 0.15) is 30.5 Å². The summed E-state index contributed by atoms with van der Waals surface area (Å²) in [5.74, 6) is 0.311. The molecule has 9 nitrogen and oxygen atoms in total. The molecule has 0 bridgehead atoms. The van der Waals surface area contributed by atoms with E-state index in [1.54, 1.807) is 36.4 Å². The van der Waals surface area contributed by atoms with Crippen LogP contribution in [0.1, 0.15) is 48.5 Å². The minimum Gasteiger partial charge on any atom is -0.494 e. The van der Waals surface area contributed by atoms with E-state index in [0.717, 1.165) is 60.6 Å². The molecule has 0 aromatic heterocycles. The number of carbonyl (C=O) groups is 3. The first-order chi connectivity index (χ1) is 21.8. The van der Waals surface area contributed by atoms with Crippen molar-refractivity contribution in [1.29, 1.82) is 0 Å². The molecule has 45 heavy (non-hydrogen) atoms. The number of aliphatic hydroxyl groups excluding tert-OH is 1. The highest BCUT2D eigenvalue weighted by molar-refractivity contribution is 5.91. The molecule has 0 aliphatic rings. The van der Waals surface area contributed by atoms with Gasteiger partial charge in [-0.2, -0.15) is 0 Å². The van der Waals surface area contributed by atoms with Gasteiger partial charge in [-0.1, -0.05) is 38.3 Å². The van der Waals surface area contributed by atoms with Crippen LogP contribution in [-0.4, -0.2) is 56.0 Å². The van der Waals surface area contributed by atoms with E-state index in [4.69, 9.17) is 28.8 Å². The number of benzene rings is 3. The first-order valence-corrected chi connectivity index (χ1v) is 14.9. The summed E-state index contributed by atoms with van der Waals surface area (Å²) < 4.78 is 27.0. The van der Waals surface area contributed by atoms with Crippen LogP contribution in [0.15, 0.2) is 91.5 Å². The molecule has 0 heterocycles. The molecule has 238 valence electrons. The number of unbranched alkanes of at least 4 members (excludes halogenated alkanes) is 3. The van der Waals surface area contributed by atoms with Gasteiger partial charge in [0.25, 0.3) is 0 Å². The molecule has 3 rings (SSSR count). The molecule has 0 saturated carbocycles. The molecule has 0 saturated heterocycles. The Labute approximate surface area is 264 Å². The molecule has 0 atom stereocenters. The Kier molecular flexibility index (Phi) is 14.4. The minimum atomic E-state index is -0.562. The van der Waals surface area contributed by atoms with Crippen LogP contribution in [-0.2, 0) is 25.5 Å². The van der Waals surface area contributed by atoms with E-state index in [1.165, 1.54) is 0 Å². The van der Waals surface area contributed by atoms with Crippen molar-refractivity contribution in [3.8, 4) is 28.4 Å². The van der Waals surface area contributed by atoms with Crippen molar-refractivity contribution in [3.05, 3.63) is 103 Å². The fourth-order valence-corrected chi connectivity index (χ4v) is 4.18. The average Bonchev–Trinajstić information content (AvgIpc) is 3.07. The lowest BCUT2D eigenvalue weighted by Crippen LogP contribution is -2.10. The number of carbonyl (C=O) groups excluding carboxylic acids is 3. The zero-order valence-electron chi connectivity index (χ0n) is 25.6. The lowest BCUT2D eigenvalue weighted by atomic mass is 10.00. The fourth-order valence-electron chi connectivity index (χ4n) is 4.18. The van der Waals surface area contributed by atoms with Crippen molar-refractivity contribution in [2.24, 2.45) is 0 Å². The molecule has 3 aromatic carbocycles. The molecule has 9 heteroatoms. The molecule has 0 amide bonds. The van der Waals surface area contributed by atoms with Crippen LogP contribution in [0, 0.1) is 0 Å². The summed E-state index contributed by atoms with van der Waals surface area (Å²) in [5, 5.41) is 8.85. The third kappa shape index (κ3) is 11.6. The Morgan fingerprint density at radius 2 is 1.42 bits per heavy atom. The highest BCUT2D eigenvalue weighted by atomic mass is 16.6. The van der Waals surface area contributed by atoms with E-state index in [2.05, 4.69) is 13.2 Å². The summed E-state index contributed by atoms with van der Waals surface area (Å²) in [5.41, 5.74) is 3.43. The normalized spacial score (nSPS) is 10.4. The predicted octanol–water partition coefficient (Wildman–Crippen LogP) is 6.27. The first-order valence-electron chi connectivity index (χ1n) is 14.9. The Hall–Kier alpha value is -4.89. The van der Waals surface area contributed by atoms with E-state index in [1.807, 2.05) is 37.3 Å². The topological polar surface area (TPSA) is 118 Å². The van der Waals surface area contributed by atoms with Gasteiger partial charge < -0.3 is 28.8 Å². The molecular weight excluding hydrogens is 576 g/mol. The zero-order valence-corrected chi connectivity index (χ0v) is 25.6. The van der Waals surface area contributed by atoms with E-state index in [-0.39, 0.29) is 18.8 Å². The van der Waals surface area contributed by atoms with Crippen LogP contribution in [0.2, 0.25) is 0 Å². The third-order valence-corrected chi connectivity index (χ3v) is 6.70. The standard InChI is InChI=1S/C36H40O9/c1-4-27-24-30(14-19-33(27)42-22-23-43-34(38)5-2)28-10-12-29(13-11-28)36(40)45-32-17-15-31(16-18-32)41-20-8-6-7-9-21-44-35(39)26(3)25-37/h5,10-19,24,37H,2-4,6-9,20-23,25H2,1H3. The van der Waals surface area contributed by atoms with Crippen LogP contribution in [0.5, 0.6) is 17.2 Å². The highest BCUT2D eigenvalue weighted by Crippen LogP contribution is 2.28. The van der Waals surface area contributed by atoms with Gasteiger partial charge in [0.05, 0.1) is 31.0 Å². The lowest BCUT2D eigenvalue weighted by Gasteiger charge is -2.13. The largest absolute Gasteiger partial charge is 0.494 e. The lowest BCUT2D eigenvalue weighted by molar-refractivity contribution is -0.140. The van der Waals surface area contributed by atoms with Crippen LogP contribution >= 0.6 is 0 Å². The number of aliphatic hydroxyl groups is 1. The van der Waals surface area contributed by atoms with Crippen molar-refractivity contribution in [3.63, 3.8) is 0 Å². The summed E-state index contributed by atoms with van der Waals surface area (Å²) in [6.07, 6.45) is 5.25. The molecule has 1 N–H and O–H groups in total. The molecule has 0 aliphatic carbocycles. The SMILES string of the molecule is C=CC(=O)OCCOc1ccc(-c2ccc(C(=O)Oc3ccc(OCCCCCCOC(=O)C(=C)CO)cc3)cc2)cc1CC. The van der Waals surface area contributed by atoms with Crippen LogP contribution in [0.4, 0.5) is 0 Å². The number of ether oxygens (including phenoxy) is 5. The van der Waals surface area contributed by atoms with E-state index < -0.39 is 24.5 Å². The molecule has 0 unspecified atom stereocenters. The van der Waals surface area contributed by atoms with Gasteiger partial charge in [0.15, 0.2) is 0 Å². The molecular formula is C36H40O9. The van der Waals surface area contributed by atoms with Gasteiger partial charge in [-0.3, -0.25) is 0 Å². The van der Waals surface area contributed by atoms with Gasteiger partial charge in [-0.05, 0) is 97.3 Å². The van der Waals surface area contributed by atoms with E-state index in [9.17, 15) is 14.4 Å². The van der Waals surface area contributed by atoms with Gasteiger partial charge in [-0.25, -0.2) is 14.4 Å². The van der Waals surface area contributed by atoms with Gasteiger partial charge in [0.2, 0.25) is 0 Å².